The molecular formula is C30H30Cl2N6O4. The van der Waals surface area contributed by atoms with Crippen LogP contribution in [0.5, 0.6) is 5.75 Å². The molecule has 2 atom stereocenters. The lowest BCUT2D eigenvalue weighted by molar-refractivity contribution is -0.189. The topological polar surface area (TPSA) is 108 Å². The molecule has 2 aromatic carbocycles. The van der Waals surface area contributed by atoms with Gasteiger partial charge in [0.2, 0.25) is 11.7 Å². The summed E-state index contributed by atoms with van der Waals surface area (Å²) in [6.07, 6.45) is 6.49. The van der Waals surface area contributed by atoms with E-state index in [0.29, 0.717) is 40.9 Å². The molecular weight excluding hydrogens is 579 g/mol. The Kier molecular flexibility index (Phi) is 8.21. The van der Waals surface area contributed by atoms with E-state index in [1.165, 1.54) is 6.20 Å². The number of imidazole rings is 1. The zero-order valence-electron chi connectivity index (χ0n) is 22.7. The molecule has 0 spiro atoms. The minimum atomic E-state index is -1.10. The summed E-state index contributed by atoms with van der Waals surface area (Å²) < 4.78 is 20.7. The maximum absolute atomic E-state index is 11.3. The molecule has 218 valence electrons. The lowest BCUT2D eigenvalue weighted by atomic mass is 10.1. The Morgan fingerprint density at radius 3 is 2.50 bits per heavy atom. The molecule has 0 bridgehead atoms. The van der Waals surface area contributed by atoms with Crippen molar-refractivity contribution in [1.29, 1.82) is 0 Å². The van der Waals surface area contributed by atoms with Gasteiger partial charge in [-0.1, -0.05) is 29.3 Å². The van der Waals surface area contributed by atoms with E-state index in [1.807, 2.05) is 35.0 Å². The van der Waals surface area contributed by atoms with E-state index in [2.05, 4.69) is 31.9 Å². The number of benzene rings is 2. The lowest BCUT2D eigenvalue weighted by Crippen LogP contribution is -2.46. The first-order chi connectivity index (χ1) is 20.4. The number of halogens is 2. The van der Waals surface area contributed by atoms with Crippen LogP contribution in [0.15, 0.2) is 79.5 Å². The van der Waals surface area contributed by atoms with Gasteiger partial charge in [-0.2, -0.15) is 0 Å². The number of aromatic nitrogens is 3. The Labute approximate surface area is 253 Å². The second-order valence-corrected chi connectivity index (χ2v) is 11.1. The van der Waals surface area contributed by atoms with Crippen LogP contribution in [0.2, 0.25) is 10.0 Å². The van der Waals surface area contributed by atoms with E-state index < -0.39 is 11.7 Å². The Morgan fingerprint density at radius 2 is 1.83 bits per heavy atom. The molecule has 10 nitrogen and oxygen atoms in total. The first-order valence-electron chi connectivity index (χ1n) is 13.6. The molecule has 2 N–H and O–H groups in total. The van der Waals surface area contributed by atoms with Crippen LogP contribution in [0.4, 0.5) is 11.5 Å². The molecule has 12 heteroatoms. The van der Waals surface area contributed by atoms with E-state index >= 15 is 0 Å². The number of ether oxygens (including phenoxy) is 3. The molecule has 2 unspecified atom stereocenters. The minimum absolute atomic E-state index is 0.307. The predicted molar refractivity (Wildman–Crippen MR) is 160 cm³/mol. The number of rotatable bonds is 9. The van der Waals surface area contributed by atoms with Crippen molar-refractivity contribution >= 4 is 40.6 Å². The molecule has 6 rings (SSSR count). The van der Waals surface area contributed by atoms with Crippen molar-refractivity contribution in [2.75, 3.05) is 49.2 Å². The highest BCUT2D eigenvalue weighted by Crippen LogP contribution is 2.40. The molecule has 2 aliphatic heterocycles. The summed E-state index contributed by atoms with van der Waals surface area (Å²) >= 11 is 12.7. The summed E-state index contributed by atoms with van der Waals surface area (Å²) in [4.78, 5) is 24.4. The third-order valence-corrected chi connectivity index (χ3v) is 7.97. The standard InChI is InChI=1S/C30H30Cl2N6O4/c31-22-2-7-26(27(32)15-22)30(19-36-10-9-34-20-36)41-18-25(42-30)17-40-24-5-3-23(4-6-24)37-11-13-38(14-12-37)28-8-1-21(16-35-28)29(33)39/h1-10,15-16,20,25H,11-14,17-19H2,(H2,33,39). The second-order valence-electron chi connectivity index (χ2n) is 10.2. The Morgan fingerprint density at radius 1 is 1.05 bits per heavy atom. The molecule has 0 saturated carbocycles. The number of pyridine rings is 1. The zero-order valence-corrected chi connectivity index (χ0v) is 24.2. The average molecular weight is 610 g/mol. The summed E-state index contributed by atoms with van der Waals surface area (Å²) in [6.45, 7) is 4.36. The Bertz CT molecular complexity index is 1510. The van der Waals surface area contributed by atoms with E-state index in [9.17, 15) is 4.79 Å². The number of hydrogen-bond donors (Lipinski definition) is 1. The van der Waals surface area contributed by atoms with Crippen molar-refractivity contribution < 1.29 is 19.0 Å². The van der Waals surface area contributed by atoms with Gasteiger partial charge < -0.3 is 34.3 Å². The highest BCUT2D eigenvalue weighted by Gasteiger charge is 2.45. The van der Waals surface area contributed by atoms with E-state index in [0.717, 1.165) is 43.4 Å². The number of carbonyl (C=O) groups excluding carboxylic acids is 1. The van der Waals surface area contributed by atoms with Crippen molar-refractivity contribution in [2.24, 2.45) is 5.73 Å². The van der Waals surface area contributed by atoms with Gasteiger partial charge in [-0.25, -0.2) is 9.97 Å². The molecule has 2 aliphatic rings. The van der Waals surface area contributed by atoms with Crippen molar-refractivity contribution in [3.63, 3.8) is 0 Å². The fourth-order valence-corrected chi connectivity index (χ4v) is 5.78. The van der Waals surface area contributed by atoms with E-state index in [1.54, 1.807) is 30.7 Å². The molecule has 2 aromatic heterocycles. The minimum Gasteiger partial charge on any atom is -0.491 e. The van der Waals surface area contributed by atoms with Crippen molar-refractivity contribution in [1.82, 2.24) is 14.5 Å². The van der Waals surface area contributed by atoms with Crippen LogP contribution in [0, 0.1) is 0 Å². The monoisotopic (exact) mass is 608 g/mol. The summed E-state index contributed by atoms with van der Waals surface area (Å²) in [7, 11) is 0. The van der Waals surface area contributed by atoms with Crippen LogP contribution >= 0.6 is 23.2 Å². The van der Waals surface area contributed by atoms with Crippen LogP contribution in [0.1, 0.15) is 15.9 Å². The first kappa shape index (κ1) is 28.3. The van der Waals surface area contributed by atoms with Crippen molar-refractivity contribution in [3.05, 3.63) is 101 Å². The van der Waals surface area contributed by atoms with Crippen LogP contribution in [-0.4, -0.2) is 65.9 Å². The predicted octanol–water partition coefficient (Wildman–Crippen LogP) is 4.36. The third-order valence-electron chi connectivity index (χ3n) is 7.42. The van der Waals surface area contributed by atoms with Crippen molar-refractivity contribution in [2.45, 2.75) is 18.4 Å². The average Bonchev–Trinajstić information content (AvgIpc) is 3.67. The van der Waals surface area contributed by atoms with E-state index in [-0.39, 0.29) is 6.10 Å². The molecule has 2 fully saturated rings. The second kappa shape index (κ2) is 12.2. The van der Waals surface area contributed by atoms with Gasteiger partial charge in [0.05, 0.1) is 30.1 Å². The van der Waals surface area contributed by atoms with Gasteiger partial charge in [-0.3, -0.25) is 4.79 Å². The van der Waals surface area contributed by atoms with Gasteiger partial charge in [-0.15, -0.1) is 0 Å². The number of amides is 1. The number of nitrogens with zero attached hydrogens (tertiary/aromatic N) is 5. The fourth-order valence-electron chi connectivity index (χ4n) is 5.23. The van der Waals surface area contributed by atoms with Gasteiger partial charge in [0.1, 0.15) is 24.3 Å². The molecule has 0 radical (unpaired) electrons. The number of nitrogens with two attached hydrogens (primary N) is 1. The highest BCUT2D eigenvalue weighted by molar-refractivity contribution is 6.35. The number of carbonyl (C=O) groups is 1. The maximum Gasteiger partial charge on any atom is 0.250 e. The first-order valence-corrected chi connectivity index (χ1v) is 14.4. The lowest BCUT2D eigenvalue weighted by Gasteiger charge is -2.36. The molecule has 1 amide bonds. The smallest absolute Gasteiger partial charge is 0.250 e. The van der Waals surface area contributed by atoms with Crippen LogP contribution < -0.4 is 20.3 Å². The maximum atomic E-state index is 11.3. The summed E-state index contributed by atoms with van der Waals surface area (Å²) in [6, 6.07) is 16.9. The van der Waals surface area contributed by atoms with Gasteiger partial charge >= 0.3 is 0 Å². The summed E-state index contributed by atoms with van der Waals surface area (Å²) in [5, 5.41) is 1.01. The van der Waals surface area contributed by atoms with Crippen LogP contribution in [0.3, 0.4) is 0 Å². The summed E-state index contributed by atoms with van der Waals surface area (Å²) in [5.41, 5.74) is 7.55. The molecule has 2 saturated heterocycles. The largest absolute Gasteiger partial charge is 0.491 e. The number of piperazine rings is 1. The quantitative estimate of drug-likeness (QED) is 0.299. The molecule has 0 aliphatic carbocycles. The van der Waals surface area contributed by atoms with E-state index in [4.69, 9.17) is 43.1 Å². The number of primary amides is 1. The normalized spacial score (nSPS) is 20.6. The Hall–Kier alpha value is -3.83. The Balaban J connectivity index is 1.04. The van der Waals surface area contributed by atoms with Gasteiger partial charge in [0, 0.05) is 61.0 Å². The van der Waals surface area contributed by atoms with Crippen molar-refractivity contribution in [3.8, 4) is 5.75 Å². The molecule has 4 aromatic rings. The van der Waals surface area contributed by atoms with Crippen LogP contribution in [-0.2, 0) is 21.8 Å². The molecule has 4 heterocycles. The van der Waals surface area contributed by atoms with Gasteiger partial charge in [-0.05, 0) is 48.5 Å². The highest BCUT2D eigenvalue weighted by atomic mass is 35.5. The zero-order chi connectivity index (χ0) is 29.1. The summed E-state index contributed by atoms with van der Waals surface area (Å²) in [5.74, 6) is 0.0177. The SMILES string of the molecule is NC(=O)c1ccc(N2CCN(c3ccc(OCC4COC(Cn5ccnc5)(c5ccc(Cl)cc5Cl)O4)cc3)CC2)nc1. The van der Waals surface area contributed by atoms with Gasteiger partial charge in [0.25, 0.3) is 0 Å². The number of hydrogen-bond acceptors (Lipinski definition) is 8. The molecule has 42 heavy (non-hydrogen) atoms. The van der Waals surface area contributed by atoms with Crippen LogP contribution in [0.25, 0.3) is 0 Å². The third kappa shape index (κ3) is 6.17. The van der Waals surface area contributed by atoms with Gasteiger partial charge in [0.15, 0.2) is 0 Å². The fraction of sp³-hybridized carbons (Fsp3) is 0.300. The number of anilines is 2.